The molecule has 178 valence electrons. The molecule has 0 unspecified atom stereocenters. The molecule has 1 fully saturated rings. The van der Waals surface area contributed by atoms with Crippen molar-refractivity contribution in [3.63, 3.8) is 0 Å². The van der Waals surface area contributed by atoms with Crippen LogP contribution < -0.4 is 10.3 Å². The molecule has 5 nitrogen and oxygen atoms in total. The number of nitrogens with zero attached hydrogens (tertiary/aromatic N) is 3. The van der Waals surface area contributed by atoms with Gasteiger partial charge in [-0.1, -0.05) is 77.1 Å². The monoisotopic (exact) mass is 549 g/mol. The molecule has 1 aliphatic carbocycles. The minimum Gasteiger partial charge on any atom is -0.487 e. The van der Waals surface area contributed by atoms with Crippen LogP contribution in [-0.2, 0) is 6.61 Å². The highest BCUT2D eigenvalue weighted by molar-refractivity contribution is 9.10. The molecule has 0 bridgehead atoms. The van der Waals surface area contributed by atoms with Gasteiger partial charge in [0.25, 0.3) is 5.56 Å². The summed E-state index contributed by atoms with van der Waals surface area (Å²) in [4.78, 5) is 18.3. The Morgan fingerprint density at radius 1 is 1.06 bits per heavy atom. The molecule has 0 spiro atoms. The number of aromatic nitrogens is 2. The molecule has 0 N–H and O–H groups in total. The van der Waals surface area contributed by atoms with Gasteiger partial charge in [-0.2, -0.15) is 9.78 Å². The summed E-state index contributed by atoms with van der Waals surface area (Å²) in [6.45, 7) is 0.437. The van der Waals surface area contributed by atoms with Crippen LogP contribution in [0.5, 0.6) is 5.75 Å². The van der Waals surface area contributed by atoms with Crippen molar-refractivity contribution in [1.82, 2.24) is 9.66 Å². The first-order chi connectivity index (χ1) is 17.1. The standard InChI is InChI=1S/C28H25BrClN3O2/c29-22-12-13-25-23(16-22)28(34)33(27(32-25)21-9-5-2-6-10-21)31-17-20-11-14-26(24(30)15-20)35-18-19-7-3-1-4-8-19/h1,3-4,7-8,11-17,21H,2,5-6,9-10,18H2. The zero-order valence-electron chi connectivity index (χ0n) is 19.2. The maximum atomic E-state index is 13.4. The lowest BCUT2D eigenvalue weighted by atomic mass is 9.88. The Kier molecular flexibility index (Phi) is 7.30. The lowest BCUT2D eigenvalue weighted by Gasteiger charge is -2.22. The zero-order valence-corrected chi connectivity index (χ0v) is 21.5. The van der Waals surface area contributed by atoms with Gasteiger partial charge in [0.15, 0.2) is 0 Å². The van der Waals surface area contributed by atoms with Crippen LogP contribution in [0.2, 0.25) is 5.02 Å². The van der Waals surface area contributed by atoms with Gasteiger partial charge in [-0.05, 0) is 60.4 Å². The molecule has 3 aromatic carbocycles. The van der Waals surface area contributed by atoms with E-state index in [1.807, 2.05) is 54.6 Å². The van der Waals surface area contributed by atoms with Gasteiger partial charge >= 0.3 is 0 Å². The summed E-state index contributed by atoms with van der Waals surface area (Å²) in [7, 11) is 0. The first-order valence-corrected chi connectivity index (χ1v) is 13.0. The van der Waals surface area contributed by atoms with Crippen molar-refractivity contribution in [2.45, 2.75) is 44.6 Å². The Balaban J connectivity index is 1.45. The molecule has 1 heterocycles. The largest absolute Gasteiger partial charge is 0.487 e. The number of hydrogen-bond acceptors (Lipinski definition) is 4. The summed E-state index contributed by atoms with van der Waals surface area (Å²) in [5, 5.41) is 5.63. The Morgan fingerprint density at radius 3 is 2.63 bits per heavy atom. The van der Waals surface area contributed by atoms with Gasteiger partial charge in [-0.3, -0.25) is 4.79 Å². The molecule has 0 aliphatic heterocycles. The normalized spacial score (nSPS) is 14.6. The third-order valence-electron chi connectivity index (χ3n) is 6.32. The van der Waals surface area contributed by atoms with E-state index in [0.29, 0.717) is 28.3 Å². The number of rotatable bonds is 6. The van der Waals surface area contributed by atoms with E-state index in [-0.39, 0.29) is 11.5 Å². The topological polar surface area (TPSA) is 56.5 Å². The van der Waals surface area contributed by atoms with E-state index < -0.39 is 0 Å². The van der Waals surface area contributed by atoms with Crippen LogP contribution in [-0.4, -0.2) is 15.9 Å². The average molecular weight is 551 g/mol. The smallest absolute Gasteiger partial charge is 0.282 e. The molecule has 0 amide bonds. The van der Waals surface area contributed by atoms with Crippen LogP contribution in [0.25, 0.3) is 10.9 Å². The lowest BCUT2D eigenvalue weighted by molar-refractivity contribution is 0.306. The van der Waals surface area contributed by atoms with Gasteiger partial charge in [0.1, 0.15) is 18.2 Å². The third kappa shape index (κ3) is 5.49. The zero-order chi connectivity index (χ0) is 24.2. The van der Waals surface area contributed by atoms with Gasteiger partial charge in [-0.25, -0.2) is 4.98 Å². The van der Waals surface area contributed by atoms with Crippen molar-refractivity contribution in [2.75, 3.05) is 0 Å². The molecule has 0 atom stereocenters. The molecule has 35 heavy (non-hydrogen) atoms. The van der Waals surface area contributed by atoms with E-state index >= 15 is 0 Å². The van der Waals surface area contributed by atoms with Crippen LogP contribution in [0, 0.1) is 0 Å². The van der Waals surface area contributed by atoms with Crippen LogP contribution in [0.15, 0.2) is 81.1 Å². The van der Waals surface area contributed by atoms with Gasteiger partial charge in [0.2, 0.25) is 0 Å². The van der Waals surface area contributed by atoms with E-state index in [1.54, 1.807) is 18.3 Å². The summed E-state index contributed by atoms with van der Waals surface area (Å²) in [5.74, 6) is 1.55. The highest BCUT2D eigenvalue weighted by Crippen LogP contribution is 2.32. The number of ether oxygens (including phenoxy) is 1. The van der Waals surface area contributed by atoms with Crippen LogP contribution >= 0.6 is 27.5 Å². The summed E-state index contributed by atoms with van der Waals surface area (Å²) in [6.07, 6.45) is 7.20. The van der Waals surface area contributed by atoms with Crippen LogP contribution in [0.1, 0.15) is 55.0 Å². The van der Waals surface area contributed by atoms with Gasteiger partial charge in [0, 0.05) is 10.4 Å². The molecule has 0 saturated heterocycles. The Labute approximate surface area is 217 Å². The molecule has 1 saturated carbocycles. The molecule has 1 aliphatic rings. The summed E-state index contributed by atoms with van der Waals surface area (Å²) in [6, 6.07) is 21.0. The highest BCUT2D eigenvalue weighted by Gasteiger charge is 2.22. The predicted octanol–water partition coefficient (Wildman–Crippen LogP) is 7.32. The SMILES string of the molecule is O=c1c2cc(Br)ccc2nc(C2CCCCC2)n1N=Cc1ccc(OCc2ccccc2)c(Cl)c1. The quantitative estimate of drug-likeness (QED) is 0.236. The molecule has 1 aromatic heterocycles. The Morgan fingerprint density at radius 2 is 1.86 bits per heavy atom. The van der Waals surface area contributed by atoms with E-state index in [2.05, 4.69) is 21.0 Å². The summed E-state index contributed by atoms with van der Waals surface area (Å²) >= 11 is 9.95. The minimum atomic E-state index is -0.165. The molecule has 4 aromatic rings. The maximum Gasteiger partial charge on any atom is 0.282 e. The van der Waals surface area contributed by atoms with E-state index in [1.165, 1.54) is 11.1 Å². The molecular formula is C28H25BrClN3O2. The fraction of sp³-hybridized carbons (Fsp3) is 0.250. The van der Waals surface area contributed by atoms with E-state index in [9.17, 15) is 4.79 Å². The maximum absolute atomic E-state index is 13.4. The Hall–Kier alpha value is -2.96. The van der Waals surface area contributed by atoms with Crippen molar-refractivity contribution >= 4 is 44.6 Å². The molecular weight excluding hydrogens is 526 g/mol. The minimum absolute atomic E-state index is 0.165. The lowest BCUT2D eigenvalue weighted by Crippen LogP contribution is -2.25. The highest BCUT2D eigenvalue weighted by atomic mass is 79.9. The fourth-order valence-electron chi connectivity index (χ4n) is 4.48. The van der Waals surface area contributed by atoms with E-state index in [4.69, 9.17) is 21.3 Å². The second kappa shape index (κ2) is 10.8. The second-order valence-electron chi connectivity index (χ2n) is 8.79. The summed E-state index contributed by atoms with van der Waals surface area (Å²) < 4.78 is 8.18. The van der Waals surface area contributed by atoms with Gasteiger partial charge in [-0.15, -0.1) is 0 Å². The van der Waals surface area contributed by atoms with Gasteiger partial charge in [0.05, 0.1) is 22.1 Å². The Bertz CT molecular complexity index is 1430. The fourth-order valence-corrected chi connectivity index (χ4v) is 5.08. The van der Waals surface area contributed by atoms with Crippen molar-refractivity contribution in [3.05, 3.63) is 104 Å². The number of halogens is 2. The van der Waals surface area contributed by atoms with Crippen molar-refractivity contribution in [3.8, 4) is 5.75 Å². The van der Waals surface area contributed by atoms with Crippen molar-refractivity contribution < 1.29 is 4.74 Å². The number of hydrogen-bond donors (Lipinski definition) is 0. The van der Waals surface area contributed by atoms with Crippen LogP contribution in [0.4, 0.5) is 0 Å². The molecule has 0 radical (unpaired) electrons. The van der Waals surface area contributed by atoms with Crippen LogP contribution in [0.3, 0.4) is 0 Å². The van der Waals surface area contributed by atoms with E-state index in [0.717, 1.165) is 47.1 Å². The average Bonchev–Trinajstić information content (AvgIpc) is 2.89. The molecule has 5 rings (SSSR count). The third-order valence-corrected chi connectivity index (χ3v) is 7.11. The first-order valence-electron chi connectivity index (χ1n) is 11.8. The number of benzene rings is 3. The van der Waals surface area contributed by atoms with Crippen molar-refractivity contribution in [2.24, 2.45) is 5.10 Å². The molecule has 7 heteroatoms. The predicted molar refractivity (Wildman–Crippen MR) is 145 cm³/mol. The second-order valence-corrected chi connectivity index (χ2v) is 10.1. The first kappa shape index (κ1) is 23.8. The number of fused-ring (bicyclic) bond motifs is 1. The van der Waals surface area contributed by atoms with Crippen molar-refractivity contribution in [1.29, 1.82) is 0 Å². The van der Waals surface area contributed by atoms with Gasteiger partial charge < -0.3 is 4.74 Å². The summed E-state index contributed by atoms with van der Waals surface area (Å²) in [5.41, 5.74) is 2.38.